The Kier molecular flexibility index (Phi) is 7.03. The van der Waals surface area contributed by atoms with Crippen LogP contribution >= 0.6 is 31.9 Å². The zero-order valence-electron chi connectivity index (χ0n) is 14.9. The molecule has 1 heterocycles. The van der Waals surface area contributed by atoms with Crippen LogP contribution in [0.5, 0.6) is 0 Å². The van der Waals surface area contributed by atoms with Gasteiger partial charge in [0.25, 0.3) is 0 Å². The Morgan fingerprint density at radius 3 is 2.39 bits per heavy atom. The number of halogens is 2. The second-order valence-electron chi connectivity index (χ2n) is 6.42. The van der Waals surface area contributed by atoms with Crippen LogP contribution in [-0.2, 0) is 14.8 Å². The maximum atomic E-state index is 12.7. The van der Waals surface area contributed by atoms with Gasteiger partial charge < -0.3 is 0 Å². The number of sulfonamides is 1. The molecule has 6 nitrogen and oxygen atoms in total. The average Bonchev–Trinajstić information content (AvgIpc) is 2.68. The standard InChI is InChI=1S/C19H19Br2N3O3S/c20-16-4-6-18(7-5-16)28(26,27)24-10-8-15(9-11-24)19(25)23-22-13-14-2-1-3-17(21)12-14/h1-7,12-13,15H,8-11H2,(H,23,25)/b22-13-. The van der Waals surface area contributed by atoms with E-state index in [0.717, 1.165) is 14.5 Å². The van der Waals surface area contributed by atoms with Crippen LogP contribution in [0.15, 0.2) is 67.5 Å². The predicted octanol–water partition coefficient (Wildman–Crippen LogP) is 3.76. The number of amides is 1. The van der Waals surface area contributed by atoms with Gasteiger partial charge in [-0.3, -0.25) is 4.79 Å². The minimum Gasteiger partial charge on any atom is -0.273 e. The Bertz CT molecular complexity index is 970. The Labute approximate surface area is 181 Å². The van der Waals surface area contributed by atoms with Crippen LogP contribution in [0.4, 0.5) is 0 Å². The summed E-state index contributed by atoms with van der Waals surface area (Å²) in [4.78, 5) is 12.6. The van der Waals surface area contributed by atoms with Gasteiger partial charge in [0.1, 0.15) is 0 Å². The summed E-state index contributed by atoms with van der Waals surface area (Å²) in [5, 5.41) is 4.00. The fourth-order valence-corrected chi connectivity index (χ4v) is 5.11. The molecule has 148 valence electrons. The van der Waals surface area contributed by atoms with Crippen LogP contribution in [0.2, 0.25) is 0 Å². The molecule has 1 N–H and O–H groups in total. The predicted molar refractivity (Wildman–Crippen MR) is 116 cm³/mol. The van der Waals surface area contributed by atoms with Crippen LogP contribution in [0.3, 0.4) is 0 Å². The Morgan fingerprint density at radius 2 is 1.75 bits per heavy atom. The van der Waals surface area contributed by atoms with Crippen molar-refractivity contribution in [3.8, 4) is 0 Å². The summed E-state index contributed by atoms with van der Waals surface area (Å²) in [5.41, 5.74) is 3.42. The molecule has 1 saturated heterocycles. The first kappa shape index (κ1) is 21.2. The van der Waals surface area contributed by atoms with Gasteiger partial charge >= 0.3 is 0 Å². The zero-order chi connectivity index (χ0) is 20.1. The van der Waals surface area contributed by atoms with E-state index < -0.39 is 10.0 Å². The highest BCUT2D eigenvalue weighted by atomic mass is 79.9. The molecule has 0 saturated carbocycles. The molecule has 1 aliphatic heterocycles. The molecular weight excluding hydrogens is 510 g/mol. The third-order valence-electron chi connectivity index (χ3n) is 4.51. The SMILES string of the molecule is O=C(N/N=C\c1cccc(Br)c1)C1CCN(S(=O)(=O)c2ccc(Br)cc2)CC1. The molecule has 0 radical (unpaired) electrons. The molecule has 1 fully saturated rings. The lowest BCUT2D eigenvalue weighted by Crippen LogP contribution is -2.42. The summed E-state index contributed by atoms with van der Waals surface area (Å²) in [6, 6.07) is 14.1. The fourth-order valence-electron chi connectivity index (χ4n) is 2.96. The van der Waals surface area contributed by atoms with Crippen LogP contribution in [0.1, 0.15) is 18.4 Å². The number of hydrazone groups is 1. The summed E-state index contributed by atoms with van der Waals surface area (Å²) >= 11 is 6.69. The van der Waals surface area contributed by atoms with Gasteiger partial charge in [0.05, 0.1) is 11.1 Å². The van der Waals surface area contributed by atoms with E-state index in [1.165, 1.54) is 4.31 Å². The van der Waals surface area contributed by atoms with Crippen molar-refractivity contribution >= 4 is 54.0 Å². The van der Waals surface area contributed by atoms with Gasteiger partial charge in [-0.1, -0.05) is 44.0 Å². The van der Waals surface area contributed by atoms with Gasteiger partial charge in [-0.15, -0.1) is 0 Å². The minimum atomic E-state index is -3.54. The van der Waals surface area contributed by atoms with Gasteiger partial charge in [-0.05, 0) is 54.8 Å². The first-order valence-corrected chi connectivity index (χ1v) is 11.7. The van der Waals surface area contributed by atoms with Crippen LogP contribution in [0, 0.1) is 5.92 Å². The molecule has 0 bridgehead atoms. The van der Waals surface area contributed by atoms with E-state index in [2.05, 4.69) is 42.4 Å². The van der Waals surface area contributed by atoms with Crippen molar-refractivity contribution < 1.29 is 13.2 Å². The van der Waals surface area contributed by atoms with Crippen LogP contribution in [0.25, 0.3) is 0 Å². The Morgan fingerprint density at radius 1 is 1.07 bits per heavy atom. The second kappa shape index (κ2) is 9.30. The minimum absolute atomic E-state index is 0.188. The van der Waals surface area contributed by atoms with Crippen molar-refractivity contribution in [3.63, 3.8) is 0 Å². The van der Waals surface area contributed by atoms with E-state index in [0.29, 0.717) is 25.9 Å². The van der Waals surface area contributed by atoms with Gasteiger partial charge in [0.2, 0.25) is 15.9 Å². The number of nitrogens with zero attached hydrogens (tertiary/aromatic N) is 2. The molecule has 1 aliphatic rings. The summed E-state index contributed by atoms with van der Waals surface area (Å²) in [7, 11) is -3.54. The van der Waals surface area contributed by atoms with Crippen molar-refractivity contribution in [2.75, 3.05) is 13.1 Å². The Hall–Kier alpha value is -1.55. The lowest BCUT2D eigenvalue weighted by molar-refractivity contribution is -0.126. The molecule has 0 aliphatic carbocycles. The highest BCUT2D eigenvalue weighted by Crippen LogP contribution is 2.25. The molecule has 0 unspecified atom stereocenters. The fraction of sp³-hybridized carbons (Fsp3) is 0.263. The van der Waals surface area contributed by atoms with Gasteiger partial charge in [0, 0.05) is 28.0 Å². The van der Waals surface area contributed by atoms with E-state index in [4.69, 9.17) is 0 Å². The number of benzene rings is 2. The number of nitrogens with one attached hydrogen (secondary N) is 1. The molecule has 9 heteroatoms. The molecule has 0 aromatic heterocycles. The highest BCUT2D eigenvalue weighted by molar-refractivity contribution is 9.10. The maximum Gasteiger partial charge on any atom is 0.243 e. The third kappa shape index (κ3) is 5.28. The number of hydrogen-bond acceptors (Lipinski definition) is 4. The topological polar surface area (TPSA) is 78.8 Å². The monoisotopic (exact) mass is 527 g/mol. The van der Waals surface area contributed by atoms with E-state index in [-0.39, 0.29) is 16.7 Å². The largest absolute Gasteiger partial charge is 0.273 e. The zero-order valence-corrected chi connectivity index (χ0v) is 18.9. The summed E-state index contributed by atoms with van der Waals surface area (Å²) in [6.07, 6.45) is 2.51. The molecular formula is C19H19Br2N3O3S. The van der Waals surface area contributed by atoms with E-state index in [9.17, 15) is 13.2 Å². The second-order valence-corrected chi connectivity index (χ2v) is 10.2. The van der Waals surface area contributed by atoms with E-state index in [1.807, 2.05) is 24.3 Å². The van der Waals surface area contributed by atoms with Crippen molar-refractivity contribution in [2.45, 2.75) is 17.7 Å². The number of piperidine rings is 1. The number of rotatable bonds is 5. The quantitative estimate of drug-likeness (QED) is 0.474. The average molecular weight is 529 g/mol. The molecule has 2 aromatic rings. The molecule has 1 amide bonds. The smallest absolute Gasteiger partial charge is 0.243 e. The first-order valence-electron chi connectivity index (χ1n) is 8.70. The van der Waals surface area contributed by atoms with Gasteiger partial charge in [0.15, 0.2) is 0 Å². The number of carbonyl (C=O) groups is 1. The summed E-state index contributed by atoms with van der Waals surface area (Å²) in [6.45, 7) is 0.623. The number of carbonyl (C=O) groups excluding carboxylic acids is 1. The normalized spacial score (nSPS) is 16.4. The van der Waals surface area contributed by atoms with E-state index in [1.54, 1.807) is 30.5 Å². The van der Waals surface area contributed by atoms with Crippen LogP contribution in [-0.4, -0.2) is 37.9 Å². The van der Waals surface area contributed by atoms with Crippen molar-refractivity contribution in [1.82, 2.24) is 9.73 Å². The van der Waals surface area contributed by atoms with Crippen molar-refractivity contribution in [1.29, 1.82) is 0 Å². The van der Waals surface area contributed by atoms with Crippen molar-refractivity contribution in [3.05, 3.63) is 63.0 Å². The van der Waals surface area contributed by atoms with E-state index >= 15 is 0 Å². The number of hydrogen-bond donors (Lipinski definition) is 1. The van der Waals surface area contributed by atoms with Gasteiger partial charge in [-0.25, -0.2) is 13.8 Å². The highest BCUT2D eigenvalue weighted by Gasteiger charge is 2.32. The first-order chi connectivity index (χ1) is 13.4. The molecule has 28 heavy (non-hydrogen) atoms. The summed E-state index contributed by atoms with van der Waals surface area (Å²) < 4.78 is 28.6. The van der Waals surface area contributed by atoms with Crippen molar-refractivity contribution in [2.24, 2.45) is 11.0 Å². The lowest BCUT2D eigenvalue weighted by atomic mass is 9.98. The third-order valence-corrected chi connectivity index (χ3v) is 7.45. The molecule has 0 atom stereocenters. The molecule has 0 spiro atoms. The van der Waals surface area contributed by atoms with Gasteiger partial charge in [-0.2, -0.15) is 9.41 Å². The maximum absolute atomic E-state index is 12.7. The lowest BCUT2D eigenvalue weighted by Gasteiger charge is -2.30. The van der Waals surface area contributed by atoms with Crippen LogP contribution < -0.4 is 5.43 Å². The molecule has 2 aromatic carbocycles. The molecule has 3 rings (SSSR count). The summed E-state index contributed by atoms with van der Waals surface area (Å²) in [5.74, 6) is -0.442. The Balaban J connectivity index is 1.54.